The molecule has 0 aliphatic carbocycles. The van der Waals surface area contributed by atoms with Crippen molar-refractivity contribution >= 4 is 31.7 Å². The van der Waals surface area contributed by atoms with Crippen LogP contribution in [0.15, 0.2) is 12.2 Å². The molecule has 0 bridgehead atoms. The second-order valence-corrected chi connectivity index (χ2v) is 18.6. The van der Waals surface area contributed by atoms with Gasteiger partial charge in [-0.05, 0) is 62.2 Å². The van der Waals surface area contributed by atoms with Crippen molar-refractivity contribution in [1.82, 2.24) is 0 Å². The highest BCUT2D eigenvalue weighted by Gasteiger charge is 2.26. The Morgan fingerprint density at radius 3 is 1.26 bits per heavy atom. The number of carbonyl (C=O) groups excluding carboxylic acids is 3. The van der Waals surface area contributed by atoms with E-state index in [0.717, 1.165) is 103 Å². The molecule has 0 saturated heterocycles. The molecule has 0 spiro atoms. The molecule has 0 heterocycles. The summed E-state index contributed by atoms with van der Waals surface area (Å²) in [6.45, 7) is 2.51. The molecule has 384 valence electrons. The minimum atomic E-state index is -4.70. The zero-order chi connectivity index (χ0) is 49.9. The molecule has 2 atom stereocenters. The van der Waals surface area contributed by atoms with Crippen molar-refractivity contribution in [1.29, 1.82) is 0 Å². The first-order valence-electron chi connectivity index (χ1n) is 26.1. The smallest absolute Gasteiger partial charge is 0.472 e. The third kappa shape index (κ3) is 49.9. The molecule has 0 aromatic rings. The van der Waals surface area contributed by atoms with Crippen LogP contribution in [-0.2, 0) is 47.0 Å². The number of rotatable bonds is 44. The van der Waals surface area contributed by atoms with Gasteiger partial charge in [-0.2, -0.15) is 0 Å². The van der Waals surface area contributed by atoms with Crippen LogP contribution in [0.5, 0.6) is 0 Å². The molecule has 13 heteroatoms. The second kappa shape index (κ2) is 49.4. The fourth-order valence-corrected chi connectivity index (χ4v) is 7.55. The summed E-state index contributed by atoms with van der Waals surface area (Å²) in [5.41, 5.74) is 0. The highest BCUT2D eigenvalue weighted by Crippen LogP contribution is 2.43. The summed E-state index contributed by atoms with van der Waals surface area (Å²) in [6.07, 6.45) is 35.5. The molecule has 2 N–H and O–H groups in total. The largest absolute Gasteiger partial charge is 0.478 e. The second-order valence-electron chi connectivity index (χ2n) is 17.1. The summed E-state index contributed by atoms with van der Waals surface area (Å²) in [6, 6.07) is 0. The lowest BCUT2D eigenvalue weighted by molar-refractivity contribution is -0.161. The maximum Gasteiger partial charge on any atom is 0.472 e. The number of carboxylic acids is 1. The minimum absolute atomic E-state index is 0.114. The van der Waals surface area contributed by atoms with Crippen molar-refractivity contribution in [3.63, 3.8) is 0 Å². The Bertz CT molecular complexity index is 1640. The van der Waals surface area contributed by atoms with E-state index in [1.165, 1.54) is 89.9 Å². The van der Waals surface area contributed by atoms with Crippen LogP contribution in [0.4, 0.5) is 0 Å². The monoisotopic (exact) mass is 971 g/mol. The highest BCUT2D eigenvalue weighted by molar-refractivity contribution is 7.47. The first kappa shape index (κ1) is 64.0. The average molecular weight is 971 g/mol. The standard InChI is InChI=1S/C55H87O12P/c1-3-5-7-9-11-13-15-17-19-21-23-25-27-29-31-33-35-37-39-41-43-53(58)64-49-51(50-66-68(61,62)65-48-47-63-54(59)46-45-52(56)57)67-55(60)44-42-40-38-36-34-32-30-28-26-24-22-20-18-16-14-12-10-8-6-4-2/h45-46,51H,3-20,29-44,47-50H2,1-2H3,(H,56,57)(H,61,62)/b46-45+. The molecule has 0 amide bonds. The van der Waals surface area contributed by atoms with Crippen LogP contribution in [0.1, 0.15) is 232 Å². The van der Waals surface area contributed by atoms with E-state index >= 15 is 0 Å². The zero-order valence-corrected chi connectivity index (χ0v) is 42.9. The van der Waals surface area contributed by atoms with Gasteiger partial charge in [0.1, 0.15) is 13.2 Å². The summed E-state index contributed by atoms with van der Waals surface area (Å²) in [5.74, 6) is 21.1. The van der Waals surface area contributed by atoms with E-state index in [1.54, 1.807) is 0 Å². The van der Waals surface area contributed by atoms with Gasteiger partial charge in [-0.15, -0.1) is 0 Å². The van der Waals surface area contributed by atoms with Crippen molar-refractivity contribution in [3.8, 4) is 47.4 Å². The third-order valence-electron chi connectivity index (χ3n) is 10.8. The topological polar surface area (TPSA) is 172 Å². The van der Waals surface area contributed by atoms with Crippen molar-refractivity contribution in [2.45, 2.75) is 238 Å². The van der Waals surface area contributed by atoms with Crippen LogP contribution in [0.25, 0.3) is 0 Å². The van der Waals surface area contributed by atoms with Gasteiger partial charge in [0.2, 0.25) is 0 Å². The Kier molecular flexibility index (Phi) is 46.5. The number of phosphoric ester groups is 1. The maximum absolute atomic E-state index is 12.7. The Balaban J connectivity index is 4.51. The van der Waals surface area contributed by atoms with Gasteiger partial charge < -0.3 is 24.2 Å². The van der Waals surface area contributed by atoms with E-state index in [9.17, 15) is 28.6 Å². The quantitative estimate of drug-likeness (QED) is 0.0148. The molecule has 0 aromatic heterocycles. The maximum atomic E-state index is 12.7. The Morgan fingerprint density at radius 2 is 0.853 bits per heavy atom. The van der Waals surface area contributed by atoms with Gasteiger partial charge in [0.15, 0.2) is 6.10 Å². The van der Waals surface area contributed by atoms with Crippen molar-refractivity contribution in [2.75, 3.05) is 26.4 Å². The van der Waals surface area contributed by atoms with Crippen molar-refractivity contribution < 1.29 is 57.0 Å². The van der Waals surface area contributed by atoms with Crippen molar-refractivity contribution in [2.24, 2.45) is 0 Å². The Labute approximate surface area is 411 Å². The number of carbonyl (C=O) groups is 4. The van der Waals surface area contributed by atoms with Gasteiger partial charge in [0, 0.05) is 50.7 Å². The summed E-state index contributed by atoms with van der Waals surface area (Å²) in [7, 11) is -4.70. The molecule has 0 fully saturated rings. The van der Waals surface area contributed by atoms with E-state index in [2.05, 4.69) is 61.2 Å². The summed E-state index contributed by atoms with van der Waals surface area (Å²) in [5, 5.41) is 8.59. The molecule has 68 heavy (non-hydrogen) atoms. The van der Waals surface area contributed by atoms with Crippen LogP contribution in [0, 0.1) is 47.4 Å². The predicted molar refractivity (Wildman–Crippen MR) is 270 cm³/mol. The van der Waals surface area contributed by atoms with Gasteiger partial charge in [0.05, 0.1) is 13.2 Å². The predicted octanol–water partition coefficient (Wildman–Crippen LogP) is 13.1. The van der Waals surface area contributed by atoms with Crippen LogP contribution in [0.3, 0.4) is 0 Å². The van der Waals surface area contributed by atoms with Crippen LogP contribution in [-0.4, -0.2) is 66.4 Å². The number of unbranched alkanes of at least 4 members (excludes halogenated alkanes) is 28. The Morgan fingerprint density at radius 1 is 0.471 bits per heavy atom. The van der Waals surface area contributed by atoms with Crippen LogP contribution >= 0.6 is 7.82 Å². The lowest BCUT2D eigenvalue weighted by Crippen LogP contribution is -2.29. The number of esters is 3. The van der Waals surface area contributed by atoms with E-state index in [-0.39, 0.29) is 19.4 Å². The lowest BCUT2D eigenvalue weighted by Gasteiger charge is -2.20. The van der Waals surface area contributed by atoms with Gasteiger partial charge in [-0.3, -0.25) is 18.6 Å². The highest BCUT2D eigenvalue weighted by atomic mass is 31.2. The lowest BCUT2D eigenvalue weighted by atomic mass is 10.1. The molecule has 2 unspecified atom stereocenters. The number of hydrogen-bond donors (Lipinski definition) is 2. The van der Waals surface area contributed by atoms with Crippen LogP contribution < -0.4 is 0 Å². The van der Waals surface area contributed by atoms with E-state index in [0.29, 0.717) is 25.0 Å². The number of hydrogen-bond acceptors (Lipinski definition) is 10. The number of phosphoric acid groups is 1. The molecular formula is C55H87O12P. The van der Waals surface area contributed by atoms with E-state index < -0.39 is 57.6 Å². The molecule has 0 aliphatic heterocycles. The summed E-state index contributed by atoms with van der Waals surface area (Å²) in [4.78, 5) is 57.5. The fraction of sp³-hybridized carbons (Fsp3) is 0.745. The van der Waals surface area contributed by atoms with Gasteiger partial charge in [0.25, 0.3) is 0 Å². The molecule has 0 rings (SSSR count). The van der Waals surface area contributed by atoms with Gasteiger partial charge in [-0.25, -0.2) is 14.2 Å². The summed E-state index contributed by atoms with van der Waals surface area (Å²) < 4.78 is 37.9. The molecule has 0 saturated carbocycles. The first-order chi connectivity index (χ1) is 33.1. The van der Waals surface area contributed by atoms with E-state index in [4.69, 9.17) is 28.4 Å². The molecule has 0 aliphatic rings. The van der Waals surface area contributed by atoms with Crippen LogP contribution in [0.2, 0.25) is 0 Å². The number of carboxylic acid groups (broad SMARTS) is 1. The van der Waals surface area contributed by atoms with Gasteiger partial charge >= 0.3 is 31.7 Å². The SMILES string of the molecule is CCCCCCCCCCC#CC#CCCCCCCCCC(=O)OCC(COP(=O)(O)OCCOC(=O)/C=C/C(=O)O)OC(=O)CCCCCCCCC#CC#CCCCCCCCCCC. The molecule has 12 nitrogen and oxygen atoms in total. The fourth-order valence-electron chi connectivity index (χ4n) is 6.82. The minimum Gasteiger partial charge on any atom is -0.478 e. The number of ether oxygens (including phenoxy) is 3. The van der Waals surface area contributed by atoms with Crippen molar-refractivity contribution in [3.05, 3.63) is 12.2 Å². The van der Waals surface area contributed by atoms with Gasteiger partial charge in [-0.1, -0.05) is 179 Å². The summed E-state index contributed by atoms with van der Waals surface area (Å²) >= 11 is 0. The average Bonchev–Trinajstić information content (AvgIpc) is 3.31. The first-order valence-corrected chi connectivity index (χ1v) is 27.5. The molecule has 0 aromatic carbocycles. The third-order valence-corrected chi connectivity index (χ3v) is 11.7. The zero-order valence-electron chi connectivity index (χ0n) is 42.0. The Hall–Kier alpha value is -4.03. The molecular weight excluding hydrogens is 884 g/mol. The number of aliphatic carboxylic acids is 1. The normalized spacial score (nSPS) is 11.9. The molecule has 0 radical (unpaired) electrons. The van der Waals surface area contributed by atoms with E-state index in [1.807, 2.05) is 0 Å².